The van der Waals surface area contributed by atoms with Gasteiger partial charge < -0.3 is 9.97 Å². The summed E-state index contributed by atoms with van der Waals surface area (Å²) in [7, 11) is -3.95. The topological polar surface area (TPSA) is 65.7 Å². The van der Waals surface area contributed by atoms with Crippen LogP contribution in [0, 0.1) is 0 Å². The first-order valence-electron chi connectivity index (χ1n) is 13.0. The van der Waals surface area contributed by atoms with Crippen LogP contribution in [0.1, 0.15) is 54.6 Å². The number of nitrogens with one attached hydrogen (secondary N) is 2. The Morgan fingerprint density at radius 3 is 1.29 bits per heavy atom. The van der Waals surface area contributed by atoms with Crippen molar-refractivity contribution in [3.63, 3.8) is 0 Å². The second kappa shape index (κ2) is 12.3. The standard InChI is InChI=1S/C32H26Br2N2O2S3/c33-23-13-9-21(10-14-23)31(29(25-5-1-17-35-25)27-7-3-19-39-27)41(37,38)32(22-11-15-24(34)16-12-22)30(26-6-2-18-36-26)28-8-4-20-40-28/h1-20,29-32,35-36H. The van der Waals surface area contributed by atoms with Crippen LogP contribution in [0.4, 0.5) is 0 Å². The van der Waals surface area contributed by atoms with Gasteiger partial charge in [0.05, 0.1) is 22.3 Å². The van der Waals surface area contributed by atoms with Gasteiger partial charge in [0.15, 0.2) is 9.84 Å². The van der Waals surface area contributed by atoms with E-state index >= 15 is 8.42 Å². The second-order valence-corrected chi connectivity index (χ2v) is 15.8. The van der Waals surface area contributed by atoms with Crippen LogP contribution in [-0.4, -0.2) is 18.4 Å². The number of benzene rings is 2. The van der Waals surface area contributed by atoms with Crippen molar-refractivity contribution in [2.75, 3.05) is 0 Å². The number of hydrogen-bond acceptors (Lipinski definition) is 4. The lowest BCUT2D eigenvalue weighted by molar-refractivity contribution is 0.547. The van der Waals surface area contributed by atoms with E-state index in [1.807, 2.05) is 120 Å². The molecule has 0 aliphatic rings. The van der Waals surface area contributed by atoms with E-state index in [9.17, 15) is 0 Å². The Balaban J connectivity index is 1.63. The fraction of sp³-hybridized carbons (Fsp3) is 0.125. The molecule has 4 atom stereocenters. The van der Waals surface area contributed by atoms with E-state index in [0.717, 1.165) is 41.2 Å². The molecule has 0 bridgehead atoms. The highest BCUT2D eigenvalue weighted by molar-refractivity contribution is 9.10. The summed E-state index contributed by atoms with van der Waals surface area (Å²) in [6.07, 6.45) is 3.72. The molecule has 6 rings (SSSR count). The maximum absolute atomic E-state index is 15.6. The number of aromatic amines is 2. The summed E-state index contributed by atoms with van der Waals surface area (Å²) in [4.78, 5) is 8.69. The van der Waals surface area contributed by atoms with Crippen molar-refractivity contribution in [3.8, 4) is 0 Å². The molecule has 0 amide bonds. The molecular weight excluding hydrogens is 700 g/mol. The molecule has 6 aromatic rings. The van der Waals surface area contributed by atoms with Crippen LogP contribution in [0.25, 0.3) is 0 Å². The summed E-state index contributed by atoms with van der Waals surface area (Å²) in [6, 6.07) is 31.3. The third kappa shape index (κ3) is 5.83. The average Bonchev–Trinajstić information content (AvgIpc) is 3.80. The van der Waals surface area contributed by atoms with Crippen LogP contribution >= 0.6 is 54.5 Å². The number of hydrogen-bond donors (Lipinski definition) is 2. The minimum atomic E-state index is -3.95. The Kier molecular flexibility index (Phi) is 8.51. The van der Waals surface area contributed by atoms with Crippen LogP contribution in [0.3, 0.4) is 0 Å². The van der Waals surface area contributed by atoms with Gasteiger partial charge >= 0.3 is 0 Å². The third-order valence-corrected chi connectivity index (χ3v) is 12.8. The number of aromatic nitrogens is 2. The van der Waals surface area contributed by atoms with E-state index < -0.39 is 32.2 Å². The summed E-state index contributed by atoms with van der Waals surface area (Å²) in [5.74, 6) is -0.858. The Bertz CT molecular complexity index is 1570. The summed E-state index contributed by atoms with van der Waals surface area (Å²) < 4.78 is 33.0. The van der Waals surface area contributed by atoms with Gasteiger partial charge in [-0.05, 0) is 82.6 Å². The average molecular weight is 727 g/mol. The minimum absolute atomic E-state index is 0.429. The molecule has 41 heavy (non-hydrogen) atoms. The molecule has 0 radical (unpaired) electrons. The van der Waals surface area contributed by atoms with Gasteiger partial charge in [-0.2, -0.15) is 0 Å². The van der Waals surface area contributed by atoms with Crippen molar-refractivity contribution in [1.82, 2.24) is 9.97 Å². The molecule has 2 N–H and O–H groups in total. The predicted octanol–water partition coefficient (Wildman–Crippen LogP) is 9.85. The molecule has 0 fully saturated rings. The fourth-order valence-electron chi connectivity index (χ4n) is 5.55. The lowest BCUT2D eigenvalue weighted by atomic mass is 9.93. The number of rotatable bonds is 10. The number of thiophene rings is 2. The van der Waals surface area contributed by atoms with Crippen molar-refractivity contribution in [2.24, 2.45) is 0 Å². The van der Waals surface area contributed by atoms with Crippen LogP contribution in [0.5, 0.6) is 0 Å². The Labute approximate surface area is 264 Å². The molecule has 0 saturated carbocycles. The van der Waals surface area contributed by atoms with Crippen LogP contribution < -0.4 is 0 Å². The lowest BCUT2D eigenvalue weighted by Crippen LogP contribution is -2.30. The van der Waals surface area contributed by atoms with Crippen molar-refractivity contribution < 1.29 is 8.42 Å². The van der Waals surface area contributed by atoms with E-state index in [-0.39, 0.29) is 0 Å². The second-order valence-electron chi connectivity index (χ2n) is 9.77. The lowest BCUT2D eigenvalue weighted by Gasteiger charge is -2.34. The van der Waals surface area contributed by atoms with Crippen molar-refractivity contribution in [3.05, 3.63) is 161 Å². The van der Waals surface area contributed by atoms with E-state index in [4.69, 9.17) is 0 Å². The zero-order valence-electron chi connectivity index (χ0n) is 21.7. The highest BCUT2D eigenvalue weighted by Crippen LogP contribution is 2.52. The van der Waals surface area contributed by atoms with E-state index in [2.05, 4.69) is 41.8 Å². The van der Waals surface area contributed by atoms with Gasteiger partial charge in [0, 0.05) is 42.5 Å². The van der Waals surface area contributed by atoms with Crippen molar-refractivity contribution >= 4 is 64.4 Å². The number of sulfone groups is 1. The van der Waals surface area contributed by atoms with E-state index in [1.165, 1.54) is 0 Å². The summed E-state index contributed by atoms with van der Waals surface area (Å²) in [5, 5.41) is 2.30. The molecule has 0 aliphatic carbocycles. The molecule has 4 nitrogen and oxygen atoms in total. The van der Waals surface area contributed by atoms with Gasteiger partial charge in [-0.3, -0.25) is 0 Å². The van der Waals surface area contributed by atoms with E-state index in [1.54, 1.807) is 22.7 Å². The molecule has 0 spiro atoms. The maximum Gasteiger partial charge on any atom is 0.166 e. The van der Waals surface area contributed by atoms with Gasteiger partial charge in [-0.15, -0.1) is 22.7 Å². The van der Waals surface area contributed by atoms with Gasteiger partial charge in [0.2, 0.25) is 0 Å². The molecular formula is C32H26Br2N2O2S3. The third-order valence-electron chi connectivity index (χ3n) is 7.32. The SMILES string of the molecule is O=S(=O)(C(c1ccc(Br)cc1)C(c1ccc[nH]1)c1cccs1)C(c1ccc(Br)cc1)C(c1ccc[nH]1)c1cccs1. The molecule has 0 aliphatic heterocycles. The minimum Gasteiger partial charge on any atom is -0.364 e. The predicted molar refractivity (Wildman–Crippen MR) is 177 cm³/mol. The van der Waals surface area contributed by atoms with Crippen molar-refractivity contribution in [1.29, 1.82) is 0 Å². The molecule has 0 saturated heterocycles. The molecule has 4 unspecified atom stereocenters. The smallest absolute Gasteiger partial charge is 0.166 e. The van der Waals surface area contributed by atoms with Crippen LogP contribution in [0.2, 0.25) is 0 Å². The van der Waals surface area contributed by atoms with Gasteiger partial charge in [0.25, 0.3) is 0 Å². The summed E-state index contributed by atoms with van der Waals surface area (Å²) in [6.45, 7) is 0. The molecule has 4 heterocycles. The monoisotopic (exact) mass is 724 g/mol. The van der Waals surface area contributed by atoms with Gasteiger partial charge in [-0.25, -0.2) is 8.42 Å². The van der Waals surface area contributed by atoms with E-state index in [0.29, 0.717) is 0 Å². The first-order valence-corrected chi connectivity index (χ1v) is 18.0. The van der Waals surface area contributed by atoms with Gasteiger partial charge in [0.1, 0.15) is 0 Å². The van der Waals surface area contributed by atoms with Crippen LogP contribution in [0.15, 0.2) is 129 Å². The normalized spacial score (nSPS) is 14.9. The first kappa shape index (κ1) is 28.4. The van der Waals surface area contributed by atoms with Crippen LogP contribution in [-0.2, 0) is 9.84 Å². The molecule has 2 aromatic carbocycles. The Morgan fingerprint density at radius 2 is 0.976 bits per heavy atom. The largest absolute Gasteiger partial charge is 0.364 e. The quantitative estimate of drug-likeness (QED) is 0.148. The summed E-state index contributed by atoms with van der Waals surface area (Å²) in [5.41, 5.74) is 3.23. The van der Waals surface area contributed by atoms with Crippen molar-refractivity contribution in [2.45, 2.75) is 22.3 Å². The molecule has 4 aromatic heterocycles. The zero-order valence-corrected chi connectivity index (χ0v) is 27.3. The zero-order chi connectivity index (χ0) is 28.4. The fourth-order valence-corrected chi connectivity index (χ4v) is 10.7. The first-order chi connectivity index (χ1) is 19.9. The Morgan fingerprint density at radius 1 is 0.561 bits per heavy atom. The number of halogens is 2. The molecule has 9 heteroatoms. The highest BCUT2D eigenvalue weighted by Gasteiger charge is 2.47. The highest BCUT2D eigenvalue weighted by atomic mass is 79.9. The Hall–Kier alpha value is -2.69. The molecule has 208 valence electrons. The summed E-state index contributed by atoms with van der Waals surface area (Å²) >= 11 is 10.3. The maximum atomic E-state index is 15.6. The number of H-pyrrole nitrogens is 2. The van der Waals surface area contributed by atoms with Gasteiger partial charge in [-0.1, -0.05) is 68.3 Å².